The van der Waals surface area contributed by atoms with Crippen LogP contribution >= 0.6 is 0 Å². The van der Waals surface area contributed by atoms with E-state index in [1.165, 1.54) is 44.5 Å². The van der Waals surface area contributed by atoms with E-state index in [4.69, 9.17) is 9.47 Å². The number of carbonyl (C=O) groups excluding carboxylic acids is 2. The minimum absolute atomic E-state index is 0.602. The molecule has 0 aromatic heterocycles. The topological polar surface area (TPSA) is 81.9 Å². The molecule has 0 spiro atoms. The zero-order chi connectivity index (χ0) is 17.4. The van der Waals surface area contributed by atoms with Gasteiger partial charge in [0.2, 0.25) is 5.78 Å². The molecule has 3 rings (SSSR count). The lowest BCUT2D eigenvalue weighted by Crippen LogP contribution is -2.20. The summed E-state index contributed by atoms with van der Waals surface area (Å²) < 4.78 is 11.1. The molecule has 2 heterocycles. The van der Waals surface area contributed by atoms with Crippen LogP contribution in [-0.4, -0.2) is 49.4 Å². The van der Waals surface area contributed by atoms with Gasteiger partial charge in [-0.05, 0) is 63.0 Å². The first-order chi connectivity index (χ1) is 11.6. The lowest BCUT2D eigenvalue weighted by molar-refractivity contribution is -0.134. The Labute approximate surface area is 142 Å². The first kappa shape index (κ1) is 18.3. The number of ketones is 1. The number of fused-ring (bicyclic) bond motifs is 1. The number of likely N-dealkylation sites (tertiary alicyclic amines) is 1. The molecule has 0 radical (unpaired) electrons. The number of aryl methyl sites for hydroxylation is 1. The van der Waals surface area contributed by atoms with E-state index in [9.17, 15) is 9.59 Å². The predicted molar refractivity (Wildman–Crippen MR) is 91.3 cm³/mol. The summed E-state index contributed by atoms with van der Waals surface area (Å²) in [5.41, 5.74) is 5.81. The van der Waals surface area contributed by atoms with Crippen LogP contribution in [0.1, 0.15) is 31.7 Å². The number of benzene rings is 1. The molecule has 0 aliphatic carbocycles. The van der Waals surface area contributed by atoms with Crippen molar-refractivity contribution in [3.05, 3.63) is 23.8 Å². The minimum Gasteiger partial charge on any atom is -0.486 e. The van der Waals surface area contributed by atoms with Gasteiger partial charge in [-0.3, -0.25) is 9.59 Å². The Kier molecular flexibility index (Phi) is 7.06. The zero-order valence-corrected chi connectivity index (χ0v) is 14.3. The van der Waals surface area contributed by atoms with Crippen LogP contribution in [0.25, 0.3) is 0 Å². The highest BCUT2D eigenvalue weighted by Gasteiger charge is 2.13. The van der Waals surface area contributed by atoms with Crippen molar-refractivity contribution in [1.29, 1.82) is 0 Å². The summed E-state index contributed by atoms with van der Waals surface area (Å²) in [5.74, 6) is 0.328. The number of nitrogens with two attached hydrogens (primary N) is 1. The highest BCUT2D eigenvalue weighted by atomic mass is 16.6. The Hall–Kier alpha value is -2.08. The van der Waals surface area contributed by atoms with Crippen molar-refractivity contribution in [2.45, 2.75) is 32.6 Å². The Morgan fingerprint density at radius 2 is 1.75 bits per heavy atom. The van der Waals surface area contributed by atoms with E-state index in [-0.39, 0.29) is 0 Å². The Morgan fingerprint density at radius 3 is 2.38 bits per heavy atom. The Balaban J connectivity index is 0.000000301. The molecule has 0 atom stereocenters. The number of primary amides is 1. The standard InChI is InChI=1S/C15H21NO2.C3H5NO2/c1-2-8-16(7-1)9-3-4-13-5-6-14-15(12-13)18-11-10-17-14;1-2(5)3(4)6/h5-6,12H,1-4,7-11H2;1H3,(H2,4,6). The van der Waals surface area contributed by atoms with E-state index >= 15 is 0 Å². The van der Waals surface area contributed by atoms with Crippen LogP contribution in [0, 0.1) is 0 Å². The van der Waals surface area contributed by atoms with Gasteiger partial charge in [0.25, 0.3) is 5.91 Å². The normalized spacial score (nSPS) is 16.2. The molecule has 1 fully saturated rings. The second kappa shape index (κ2) is 9.27. The fraction of sp³-hybridized carbons (Fsp3) is 0.556. The predicted octanol–water partition coefficient (Wildman–Crippen LogP) is 1.55. The molecule has 1 aromatic rings. The van der Waals surface area contributed by atoms with Crippen molar-refractivity contribution in [3.63, 3.8) is 0 Å². The number of rotatable bonds is 5. The van der Waals surface area contributed by atoms with Crippen LogP contribution in [0.15, 0.2) is 18.2 Å². The Bertz CT molecular complexity index is 556. The molecule has 24 heavy (non-hydrogen) atoms. The largest absolute Gasteiger partial charge is 0.486 e. The second-order valence-corrected chi connectivity index (χ2v) is 6.05. The number of nitrogens with zero attached hydrogens (tertiary/aromatic N) is 1. The molecule has 0 saturated carbocycles. The third kappa shape index (κ3) is 5.85. The summed E-state index contributed by atoms with van der Waals surface area (Å²) >= 11 is 0. The number of Topliss-reactive ketones (excluding diaryl/α,β-unsaturated/α-hetero) is 1. The number of hydrogen-bond donors (Lipinski definition) is 1. The maximum atomic E-state index is 9.67. The lowest BCUT2D eigenvalue weighted by atomic mass is 10.1. The summed E-state index contributed by atoms with van der Waals surface area (Å²) in [6, 6.07) is 6.34. The molecule has 1 amide bonds. The van der Waals surface area contributed by atoms with Crippen LogP contribution < -0.4 is 15.2 Å². The van der Waals surface area contributed by atoms with Gasteiger partial charge in [0.1, 0.15) is 13.2 Å². The van der Waals surface area contributed by atoms with E-state index in [1.807, 2.05) is 6.07 Å². The molecule has 1 saturated heterocycles. The smallest absolute Gasteiger partial charge is 0.284 e. The molecular formula is C18H26N2O4. The average Bonchev–Trinajstić information content (AvgIpc) is 3.08. The summed E-state index contributed by atoms with van der Waals surface area (Å²) in [6.45, 7) is 6.28. The SMILES string of the molecule is CC(=O)C(N)=O.c1cc2c(cc1CCCN1CCCC1)OCCO2. The summed E-state index contributed by atoms with van der Waals surface area (Å²) in [6.07, 6.45) is 5.13. The number of ether oxygens (including phenoxy) is 2. The third-order valence-corrected chi connectivity index (χ3v) is 4.09. The molecule has 6 heteroatoms. The Morgan fingerprint density at radius 1 is 1.12 bits per heavy atom. The van der Waals surface area contributed by atoms with Gasteiger partial charge in [0.15, 0.2) is 11.5 Å². The quantitative estimate of drug-likeness (QED) is 0.826. The molecule has 0 unspecified atom stereocenters. The van der Waals surface area contributed by atoms with Crippen molar-refractivity contribution in [3.8, 4) is 11.5 Å². The monoisotopic (exact) mass is 334 g/mol. The number of carbonyl (C=O) groups is 2. The molecule has 1 aromatic carbocycles. The molecule has 2 N–H and O–H groups in total. The van der Waals surface area contributed by atoms with Crippen LogP contribution in [0.3, 0.4) is 0 Å². The van der Waals surface area contributed by atoms with Crippen LogP contribution in [-0.2, 0) is 16.0 Å². The van der Waals surface area contributed by atoms with Gasteiger partial charge in [-0.25, -0.2) is 0 Å². The molecule has 0 bridgehead atoms. The first-order valence-electron chi connectivity index (χ1n) is 8.47. The van der Waals surface area contributed by atoms with Gasteiger partial charge in [-0.15, -0.1) is 0 Å². The first-order valence-corrected chi connectivity index (χ1v) is 8.47. The molecular weight excluding hydrogens is 308 g/mol. The van der Waals surface area contributed by atoms with Crippen molar-refractivity contribution >= 4 is 11.7 Å². The van der Waals surface area contributed by atoms with Gasteiger partial charge in [0.05, 0.1) is 0 Å². The van der Waals surface area contributed by atoms with Crippen molar-refractivity contribution < 1.29 is 19.1 Å². The van der Waals surface area contributed by atoms with E-state index in [1.54, 1.807) is 0 Å². The van der Waals surface area contributed by atoms with Crippen LogP contribution in [0.4, 0.5) is 0 Å². The number of amides is 1. The maximum absolute atomic E-state index is 9.67. The zero-order valence-electron chi connectivity index (χ0n) is 14.3. The van der Waals surface area contributed by atoms with Gasteiger partial charge in [-0.2, -0.15) is 0 Å². The van der Waals surface area contributed by atoms with Crippen molar-refractivity contribution in [1.82, 2.24) is 4.90 Å². The fourth-order valence-electron chi connectivity index (χ4n) is 2.76. The second-order valence-electron chi connectivity index (χ2n) is 6.05. The van der Waals surface area contributed by atoms with Gasteiger partial charge < -0.3 is 20.1 Å². The van der Waals surface area contributed by atoms with E-state index < -0.39 is 11.7 Å². The van der Waals surface area contributed by atoms with Crippen molar-refractivity contribution in [2.75, 3.05) is 32.8 Å². The maximum Gasteiger partial charge on any atom is 0.284 e. The van der Waals surface area contributed by atoms with Gasteiger partial charge >= 0.3 is 0 Å². The third-order valence-electron chi connectivity index (χ3n) is 4.09. The van der Waals surface area contributed by atoms with E-state index in [0.29, 0.717) is 13.2 Å². The highest BCUT2D eigenvalue weighted by molar-refractivity contribution is 6.34. The lowest BCUT2D eigenvalue weighted by Gasteiger charge is -2.19. The molecule has 6 nitrogen and oxygen atoms in total. The minimum atomic E-state index is -0.880. The van der Waals surface area contributed by atoms with Gasteiger partial charge in [-0.1, -0.05) is 6.07 Å². The molecule has 2 aliphatic rings. The summed E-state index contributed by atoms with van der Waals surface area (Å²) in [7, 11) is 0. The molecule has 132 valence electrons. The summed E-state index contributed by atoms with van der Waals surface area (Å²) in [5, 5.41) is 0. The molecule has 2 aliphatic heterocycles. The highest BCUT2D eigenvalue weighted by Crippen LogP contribution is 2.31. The summed E-state index contributed by atoms with van der Waals surface area (Å²) in [4.78, 5) is 21.8. The average molecular weight is 334 g/mol. The van der Waals surface area contributed by atoms with Crippen LogP contribution in [0.5, 0.6) is 11.5 Å². The van der Waals surface area contributed by atoms with E-state index in [2.05, 4.69) is 22.8 Å². The fourth-order valence-corrected chi connectivity index (χ4v) is 2.76. The van der Waals surface area contributed by atoms with E-state index in [0.717, 1.165) is 24.8 Å². The van der Waals surface area contributed by atoms with Crippen LogP contribution in [0.2, 0.25) is 0 Å². The van der Waals surface area contributed by atoms with Gasteiger partial charge in [0, 0.05) is 6.92 Å². The number of hydrogen-bond acceptors (Lipinski definition) is 5. The van der Waals surface area contributed by atoms with Crippen molar-refractivity contribution in [2.24, 2.45) is 5.73 Å².